The highest BCUT2D eigenvalue weighted by molar-refractivity contribution is 5.49. The minimum absolute atomic E-state index is 0.0814. The molecule has 1 aromatic carbocycles. The number of rotatable bonds is 4. The first kappa shape index (κ1) is 16.3. The van der Waals surface area contributed by atoms with Crippen LogP contribution in [-0.4, -0.2) is 11.2 Å². The molecule has 0 aliphatic heterocycles. The van der Waals surface area contributed by atoms with Crippen LogP contribution in [0.2, 0.25) is 0 Å². The van der Waals surface area contributed by atoms with Gasteiger partial charge in [-0.1, -0.05) is 39.0 Å². The molecule has 0 unspecified atom stereocenters. The largest absolute Gasteiger partial charge is 0.492 e. The summed E-state index contributed by atoms with van der Waals surface area (Å²) in [5.41, 5.74) is 7.74. The topological polar surface area (TPSA) is 57.2 Å². The second-order valence-corrected chi connectivity index (χ2v) is 6.24. The Hall–Kier alpha value is -2.07. The van der Waals surface area contributed by atoms with E-state index in [4.69, 9.17) is 10.5 Å². The summed E-state index contributed by atoms with van der Waals surface area (Å²) in [6, 6.07) is 11.4. The van der Waals surface area contributed by atoms with Crippen molar-refractivity contribution in [3.63, 3.8) is 0 Å². The summed E-state index contributed by atoms with van der Waals surface area (Å²) in [4.78, 5) is 12.9. The molecule has 4 nitrogen and oxygen atoms in total. The number of hydrogen-bond acceptors (Lipinski definition) is 3. The maximum absolute atomic E-state index is 12.9. The van der Waals surface area contributed by atoms with Gasteiger partial charge in [-0.15, -0.1) is 0 Å². The van der Waals surface area contributed by atoms with Gasteiger partial charge in [0.1, 0.15) is 5.75 Å². The number of pyridine rings is 1. The maximum Gasteiger partial charge on any atom is 0.259 e. The molecular formula is C18H24N2O2. The summed E-state index contributed by atoms with van der Waals surface area (Å²) in [7, 11) is 0. The van der Waals surface area contributed by atoms with Gasteiger partial charge < -0.3 is 10.5 Å². The molecule has 0 fully saturated rings. The molecule has 0 bridgehead atoms. The average Bonchev–Trinajstić information content (AvgIpc) is 2.47. The van der Waals surface area contributed by atoms with Gasteiger partial charge in [0, 0.05) is 23.2 Å². The number of hydrogen-bond donors (Lipinski definition) is 1. The van der Waals surface area contributed by atoms with Crippen LogP contribution in [-0.2, 0) is 12.0 Å². The summed E-state index contributed by atoms with van der Waals surface area (Å²) < 4.78 is 7.43. The maximum atomic E-state index is 12.9. The second kappa shape index (κ2) is 6.36. The van der Waals surface area contributed by atoms with Crippen LogP contribution in [0.5, 0.6) is 5.75 Å². The summed E-state index contributed by atoms with van der Waals surface area (Å²) >= 11 is 0. The van der Waals surface area contributed by atoms with Gasteiger partial charge in [0.15, 0.2) is 0 Å². The highest BCUT2D eigenvalue weighted by Crippen LogP contribution is 2.28. The van der Waals surface area contributed by atoms with E-state index in [1.807, 2.05) is 43.3 Å². The van der Waals surface area contributed by atoms with Crippen LogP contribution in [0, 0.1) is 0 Å². The minimum atomic E-state index is -0.175. The lowest BCUT2D eigenvalue weighted by atomic mass is 9.90. The van der Waals surface area contributed by atoms with Crippen molar-refractivity contribution in [3.05, 3.63) is 58.0 Å². The molecule has 118 valence electrons. The van der Waals surface area contributed by atoms with E-state index in [1.54, 1.807) is 4.57 Å². The first-order chi connectivity index (χ1) is 10.4. The number of nitrogens with two attached hydrogens (primary N) is 1. The minimum Gasteiger partial charge on any atom is -0.492 e. The van der Waals surface area contributed by atoms with Crippen LogP contribution in [0.4, 0.5) is 0 Å². The molecule has 0 saturated carbocycles. The van der Waals surface area contributed by atoms with E-state index in [2.05, 4.69) is 20.8 Å². The molecule has 0 spiro atoms. The van der Waals surface area contributed by atoms with Gasteiger partial charge in [-0.2, -0.15) is 0 Å². The lowest BCUT2D eigenvalue weighted by Crippen LogP contribution is -2.31. The lowest BCUT2D eigenvalue weighted by molar-refractivity contribution is 0.338. The van der Waals surface area contributed by atoms with Crippen LogP contribution < -0.4 is 16.0 Å². The summed E-state index contributed by atoms with van der Waals surface area (Å²) in [6.07, 6.45) is 0. The van der Waals surface area contributed by atoms with Gasteiger partial charge in [0.05, 0.1) is 12.3 Å². The van der Waals surface area contributed by atoms with Crippen molar-refractivity contribution >= 4 is 0 Å². The third-order valence-electron chi connectivity index (χ3n) is 3.56. The van der Waals surface area contributed by atoms with Gasteiger partial charge in [-0.3, -0.25) is 9.36 Å². The Kier molecular flexibility index (Phi) is 4.71. The number of ether oxygens (including phenoxy) is 1. The smallest absolute Gasteiger partial charge is 0.259 e. The van der Waals surface area contributed by atoms with Gasteiger partial charge in [-0.05, 0) is 25.1 Å². The lowest BCUT2D eigenvalue weighted by Gasteiger charge is -2.25. The third kappa shape index (κ3) is 3.07. The molecule has 0 amide bonds. The zero-order valence-electron chi connectivity index (χ0n) is 13.7. The molecule has 0 saturated heterocycles. The van der Waals surface area contributed by atoms with E-state index >= 15 is 0 Å². The molecule has 4 heteroatoms. The standard InChI is InChI=1S/C18H24N2O2/c1-5-22-15-9-7-6-8-14(15)20-16(18(2,3)4)11-10-13(12-19)17(20)21/h6-11H,5,12,19H2,1-4H3. The van der Waals surface area contributed by atoms with E-state index in [0.29, 0.717) is 17.9 Å². The molecule has 0 atom stereocenters. The number of para-hydroxylation sites is 2. The molecule has 0 aliphatic rings. The van der Waals surface area contributed by atoms with Crippen LogP contribution >= 0.6 is 0 Å². The molecular weight excluding hydrogens is 276 g/mol. The molecule has 1 heterocycles. The van der Waals surface area contributed by atoms with E-state index in [0.717, 1.165) is 11.4 Å². The highest BCUT2D eigenvalue weighted by atomic mass is 16.5. The van der Waals surface area contributed by atoms with Crippen LogP contribution in [0.15, 0.2) is 41.2 Å². The monoisotopic (exact) mass is 300 g/mol. The Labute approximate surface area is 131 Å². The highest BCUT2D eigenvalue weighted by Gasteiger charge is 2.22. The number of aromatic nitrogens is 1. The number of nitrogens with zero attached hydrogens (tertiary/aromatic N) is 1. The van der Waals surface area contributed by atoms with Crippen molar-refractivity contribution in [1.82, 2.24) is 4.57 Å². The first-order valence-corrected chi connectivity index (χ1v) is 7.57. The fourth-order valence-corrected chi connectivity index (χ4v) is 2.48. The Morgan fingerprint density at radius 3 is 2.41 bits per heavy atom. The quantitative estimate of drug-likeness (QED) is 0.944. The van der Waals surface area contributed by atoms with Crippen molar-refractivity contribution in [2.75, 3.05) is 6.61 Å². The molecule has 0 radical (unpaired) electrons. The van der Waals surface area contributed by atoms with Crippen LogP contribution in [0.25, 0.3) is 5.69 Å². The zero-order chi connectivity index (χ0) is 16.3. The van der Waals surface area contributed by atoms with Crippen molar-refractivity contribution in [1.29, 1.82) is 0 Å². The van der Waals surface area contributed by atoms with E-state index in [-0.39, 0.29) is 17.5 Å². The van der Waals surface area contributed by atoms with Gasteiger partial charge >= 0.3 is 0 Å². The fraction of sp³-hybridized carbons (Fsp3) is 0.389. The Balaban J connectivity index is 2.81. The average molecular weight is 300 g/mol. The normalized spacial score (nSPS) is 11.5. The molecule has 2 N–H and O–H groups in total. The Morgan fingerprint density at radius 2 is 1.82 bits per heavy atom. The predicted octanol–water partition coefficient (Wildman–Crippen LogP) is 2.99. The van der Waals surface area contributed by atoms with Crippen molar-refractivity contribution in [2.45, 2.75) is 39.7 Å². The summed E-state index contributed by atoms with van der Waals surface area (Å²) in [5.74, 6) is 0.701. The molecule has 2 rings (SSSR count). The van der Waals surface area contributed by atoms with Crippen molar-refractivity contribution < 1.29 is 4.74 Å². The van der Waals surface area contributed by atoms with Crippen molar-refractivity contribution in [3.8, 4) is 11.4 Å². The van der Waals surface area contributed by atoms with Crippen LogP contribution in [0.1, 0.15) is 39.0 Å². The van der Waals surface area contributed by atoms with Gasteiger partial charge in [0.2, 0.25) is 0 Å². The summed E-state index contributed by atoms with van der Waals surface area (Å²) in [5, 5.41) is 0. The Bertz CT molecular complexity index is 712. The molecule has 2 aromatic rings. The van der Waals surface area contributed by atoms with Gasteiger partial charge in [0.25, 0.3) is 5.56 Å². The SMILES string of the molecule is CCOc1ccccc1-n1c(C(C)(C)C)ccc(CN)c1=O. The third-order valence-corrected chi connectivity index (χ3v) is 3.56. The van der Waals surface area contributed by atoms with E-state index in [1.165, 1.54) is 0 Å². The number of benzene rings is 1. The summed E-state index contributed by atoms with van der Waals surface area (Å²) in [6.45, 7) is 8.96. The fourth-order valence-electron chi connectivity index (χ4n) is 2.48. The van der Waals surface area contributed by atoms with Crippen molar-refractivity contribution in [2.24, 2.45) is 5.73 Å². The van der Waals surface area contributed by atoms with Gasteiger partial charge in [-0.25, -0.2) is 0 Å². The van der Waals surface area contributed by atoms with E-state index < -0.39 is 0 Å². The van der Waals surface area contributed by atoms with E-state index in [9.17, 15) is 4.79 Å². The second-order valence-electron chi connectivity index (χ2n) is 6.24. The Morgan fingerprint density at radius 1 is 1.14 bits per heavy atom. The zero-order valence-corrected chi connectivity index (χ0v) is 13.7. The molecule has 0 aliphatic carbocycles. The first-order valence-electron chi connectivity index (χ1n) is 7.57. The predicted molar refractivity (Wildman–Crippen MR) is 89.8 cm³/mol. The molecule has 22 heavy (non-hydrogen) atoms. The molecule has 1 aromatic heterocycles. The van der Waals surface area contributed by atoms with Crippen LogP contribution in [0.3, 0.4) is 0 Å².